The third-order valence-electron chi connectivity index (χ3n) is 3.39. The monoisotopic (exact) mass is 288 g/mol. The van der Waals surface area contributed by atoms with Crippen LogP contribution >= 0.6 is 0 Å². The fourth-order valence-corrected chi connectivity index (χ4v) is 2.00. The number of hydrogen-bond acceptors (Lipinski definition) is 5. The maximum Gasteiger partial charge on any atom is 0.315 e. The second-order valence-electron chi connectivity index (χ2n) is 5.14. The van der Waals surface area contributed by atoms with E-state index in [2.05, 4.69) is 58.9 Å². The molecule has 2 rings (SSSR count). The maximum absolute atomic E-state index is 5.61. The summed E-state index contributed by atoms with van der Waals surface area (Å²) in [5.41, 5.74) is 2.54. The molecule has 0 radical (unpaired) electrons. The third kappa shape index (κ3) is 4.56. The molecule has 1 heterocycles. The van der Waals surface area contributed by atoms with Crippen molar-refractivity contribution in [2.24, 2.45) is 0 Å². The van der Waals surface area contributed by atoms with Crippen molar-refractivity contribution >= 4 is 6.01 Å². The highest BCUT2D eigenvalue weighted by Crippen LogP contribution is 2.14. The molecule has 2 N–H and O–H groups in total. The lowest BCUT2D eigenvalue weighted by molar-refractivity contribution is 0.423. The maximum atomic E-state index is 5.61. The number of anilines is 1. The zero-order valence-corrected chi connectivity index (χ0v) is 13.0. The first-order valence-corrected chi connectivity index (χ1v) is 7.61. The van der Waals surface area contributed by atoms with E-state index in [1.54, 1.807) is 0 Å². The summed E-state index contributed by atoms with van der Waals surface area (Å²) in [6, 6.07) is 9.08. The molecular weight excluding hydrogens is 264 g/mol. The lowest BCUT2D eigenvalue weighted by Crippen LogP contribution is -2.19. The standard InChI is InChI=1S/C16H24N4O/c1-4-10-17-12(3)15-19-20-16(21-15)18-11-14-8-6-13(5-2)7-9-14/h6-9,12,17H,4-5,10-11H2,1-3H3,(H,18,20). The highest BCUT2D eigenvalue weighted by atomic mass is 16.4. The summed E-state index contributed by atoms with van der Waals surface area (Å²) >= 11 is 0. The van der Waals surface area contributed by atoms with Gasteiger partial charge in [0.25, 0.3) is 0 Å². The van der Waals surface area contributed by atoms with Crippen LogP contribution in [0.15, 0.2) is 28.7 Å². The van der Waals surface area contributed by atoms with E-state index in [0.29, 0.717) is 18.5 Å². The Morgan fingerprint density at radius 2 is 1.81 bits per heavy atom. The molecule has 0 aliphatic carbocycles. The van der Waals surface area contributed by atoms with E-state index >= 15 is 0 Å². The van der Waals surface area contributed by atoms with Crippen molar-refractivity contribution < 1.29 is 4.42 Å². The smallest absolute Gasteiger partial charge is 0.315 e. The van der Waals surface area contributed by atoms with Crippen molar-refractivity contribution in [3.63, 3.8) is 0 Å². The summed E-state index contributed by atoms with van der Waals surface area (Å²) in [5, 5.41) is 14.6. The quantitative estimate of drug-likeness (QED) is 0.780. The number of nitrogens with one attached hydrogen (secondary N) is 2. The second kappa shape index (κ2) is 7.78. The van der Waals surface area contributed by atoms with Gasteiger partial charge in [0, 0.05) is 6.54 Å². The van der Waals surface area contributed by atoms with Crippen LogP contribution in [0.25, 0.3) is 0 Å². The van der Waals surface area contributed by atoms with Crippen LogP contribution in [0.5, 0.6) is 0 Å². The first kappa shape index (κ1) is 15.5. The molecule has 1 unspecified atom stereocenters. The van der Waals surface area contributed by atoms with Crippen LogP contribution < -0.4 is 10.6 Å². The third-order valence-corrected chi connectivity index (χ3v) is 3.39. The Balaban J connectivity index is 1.87. The molecule has 0 saturated heterocycles. The van der Waals surface area contributed by atoms with Crippen molar-refractivity contribution in [2.45, 2.75) is 46.2 Å². The molecule has 0 aliphatic heterocycles. The van der Waals surface area contributed by atoms with E-state index in [1.165, 1.54) is 11.1 Å². The minimum absolute atomic E-state index is 0.0804. The van der Waals surface area contributed by atoms with Crippen molar-refractivity contribution in [2.75, 3.05) is 11.9 Å². The Morgan fingerprint density at radius 1 is 1.10 bits per heavy atom. The van der Waals surface area contributed by atoms with Gasteiger partial charge in [0.2, 0.25) is 5.89 Å². The Bertz CT molecular complexity index is 535. The molecule has 0 fully saturated rings. The summed E-state index contributed by atoms with van der Waals surface area (Å²) in [7, 11) is 0. The SMILES string of the molecule is CCCNC(C)c1nnc(NCc2ccc(CC)cc2)o1. The van der Waals surface area contributed by atoms with E-state index in [0.717, 1.165) is 19.4 Å². The van der Waals surface area contributed by atoms with Crippen molar-refractivity contribution in [1.29, 1.82) is 0 Å². The van der Waals surface area contributed by atoms with Crippen LogP contribution in [0, 0.1) is 0 Å². The number of aromatic nitrogens is 2. The number of nitrogens with zero attached hydrogens (tertiary/aromatic N) is 2. The molecular formula is C16H24N4O. The van der Waals surface area contributed by atoms with Gasteiger partial charge in [0.1, 0.15) is 0 Å². The highest BCUT2D eigenvalue weighted by molar-refractivity contribution is 5.27. The molecule has 21 heavy (non-hydrogen) atoms. The Labute approximate surface area is 126 Å². The van der Waals surface area contributed by atoms with Gasteiger partial charge in [-0.2, -0.15) is 0 Å². The minimum Gasteiger partial charge on any atom is -0.406 e. The Kier molecular flexibility index (Phi) is 5.75. The number of benzene rings is 1. The molecule has 1 aromatic carbocycles. The van der Waals surface area contributed by atoms with Crippen LogP contribution in [0.1, 0.15) is 50.3 Å². The van der Waals surface area contributed by atoms with Gasteiger partial charge in [-0.1, -0.05) is 43.2 Å². The zero-order chi connectivity index (χ0) is 15.1. The van der Waals surface area contributed by atoms with Crippen LogP contribution in [0.4, 0.5) is 6.01 Å². The van der Waals surface area contributed by atoms with Gasteiger partial charge in [-0.15, -0.1) is 5.10 Å². The summed E-state index contributed by atoms with van der Waals surface area (Å²) in [4.78, 5) is 0. The lowest BCUT2D eigenvalue weighted by Gasteiger charge is -2.07. The van der Waals surface area contributed by atoms with Gasteiger partial charge in [-0.3, -0.25) is 0 Å². The van der Waals surface area contributed by atoms with E-state index in [1.807, 2.05) is 6.92 Å². The zero-order valence-electron chi connectivity index (χ0n) is 13.0. The minimum atomic E-state index is 0.0804. The van der Waals surface area contributed by atoms with Gasteiger partial charge in [-0.25, -0.2) is 0 Å². The van der Waals surface area contributed by atoms with Crippen LogP contribution in [0.3, 0.4) is 0 Å². The molecule has 0 saturated carbocycles. The fourth-order valence-electron chi connectivity index (χ4n) is 2.00. The fraction of sp³-hybridized carbons (Fsp3) is 0.500. The van der Waals surface area contributed by atoms with E-state index in [9.17, 15) is 0 Å². The molecule has 2 aromatic rings. The Morgan fingerprint density at radius 3 is 2.48 bits per heavy atom. The molecule has 1 aromatic heterocycles. The topological polar surface area (TPSA) is 63.0 Å². The van der Waals surface area contributed by atoms with Crippen LogP contribution in [-0.2, 0) is 13.0 Å². The molecule has 0 aliphatic rings. The average molecular weight is 288 g/mol. The molecule has 0 bridgehead atoms. The van der Waals surface area contributed by atoms with Gasteiger partial charge >= 0.3 is 6.01 Å². The van der Waals surface area contributed by atoms with E-state index < -0.39 is 0 Å². The molecule has 114 valence electrons. The van der Waals surface area contributed by atoms with Crippen molar-refractivity contribution in [3.8, 4) is 0 Å². The van der Waals surface area contributed by atoms with Crippen molar-refractivity contribution in [3.05, 3.63) is 41.3 Å². The van der Waals surface area contributed by atoms with Gasteiger partial charge < -0.3 is 15.1 Å². The Hall–Kier alpha value is -1.88. The number of rotatable bonds is 8. The van der Waals surface area contributed by atoms with E-state index in [-0.39, 0.29) is 6.04 Å². The summed E-state index contributed by atoms with van der Waals surface area (Å²) in [6.07, 6.45) is 2.14. The molecule has 1 atom stereocenters. The highest BCUT2D eigenvalue weighted by Gasteiger charge is 2.12. The summed E-state index contributed by atoms with van der Waals surface area (Å²) in [6.45, 7) is 7.93. The summed E-state index contributed by atoms with van der Waals surface area (Å²) in [5.74, 6) is 0.618. The van der Waals surface area contributed by atoms with Gasteiger partial charge in [0.15, 0.2) is 0 Å². The normalized spacial score (nSPS) is 12.3. The van der Waals surface area contributed by atoms with Gasteiger partial charge in [0.05, 0.1) is 6.04 Å². The van der Waals surface area contributed by atoms with Crippen LogP contribution in [0.2, 0.25) is 0 Å². The van der Waals surface area contributed by atoms with Gasteiger partial charge in [-0.05, 0) is 37.4 Å². The van der Waals surface area contributed by atoms with Crippen molar-refractivity contribution in [1.82, 2.24) is 15.5 Å². The predicted octanol–water partition coefficient (Wildman–Crippen LogP) is 3.30. The molecule has 0 spiro atoms. The lowest BCUT2D eigenvalue weighted by atomic mass is 10.1. The first-order chi connectivity index (χ1) is 10.2. The molecule has 0 amide bonds. The number of aryl methyl sites for hydroxylation is 1. The number of hydrogen-bond donors (Lipinski definition) is 2. The predicted molar refractivity (Wildman–Crippen MR) is 84.2 cm³/mol. The molecule has 5 nitrogen and oxygen atoms in total. The molecule has 5 heteroatoms. The van der Waals surface area contributed by atoms with E-state index in [4.69, 9.17) is 4.42 Å². The largest absolute Gasteiger partial charge is 0.406 e. The average Bonchev–Trinajstić information content (AvgIpc) is 3.00. The van der Waals surface area contributed by atoms with Crippen LogP contribution in [-0.4, -0.2) is 16.7 Å². The summed E-state index contributed by atoms with van der Waals surface area (Å²) < 4.78 is 5.61. The second-order valence-corrected chi connectivity index (χ2v) is 5.14. The first-order valence-electron chi connectivity index (χ1n) is 7.61.